The van der Waals surface area contributed by atoms with Gasteiger partial charge < -0.3 is 16.4 Å². The third-order valence-electron chi connectivity index (χ3n) is 3.38. The predicted octanol–water partition coefficient (Wildman–Crippen LogP) is 1.40. The maximum atomic E-state index is 13.3. The first-order chi connectivity index (χ1) is 9.58. The molecule has 108 valence electrons. The number of primary amides is 1. The summed E-state index contributed by atoms with van der Waals surface area (Å²) in [5.41, 5.74) is 5.22. The second-order valence-corrected chi connectivity index (χ2v) is 4.90. The van der Waals surface area contributed by atoms with Crippen molar-refractivity contribution >= 4 is 17.5 Å². The number of carbonyl (C=O) groups excluding carboxylic acids is 2. The molecule has 0 saturated carbocycles. The molecule has 4 N–H and O–H groups in total. The van der Waals surface area contributed by atoms with E-state index in [0.717, 1.165) is 38.3 Å². The fraction of sp³-hybridized carbons (Fsp3) is 0.429. The second-order valence-electron chi connectivity index (χ2n) is 4.90. The lowest BCUT2D eigenvalue weighted by Crippen LogP contribution is -2.39. The molecule has 2 rings (SSSR count). The Bertz CT molecular complexity index is 511. The molecule has 20 heavy (non-hydrogen) atoms. The standard InChI is InChI=1S/C14H18FN3O2/c15-11-6-5-9(8-10(11)13(16)19)18-14(20)12-4-2-1-3-7-17-12/h5-6,8,12,17H,1-4,7H2,(H2,16,19)(H,18,20). The number of halogens is 1. The average molecular weight is 279 g/mol. The molecule has 1 aromatic carbocycles. The highest BCUT2D eigenvalue weighted by Crippen LogP contribution is 2.16. The molecule has 0 bridgehead atoms. The molecule has 0 aromatic heterocycles. The zero-order chi connectivity index (χ0) is 14.5. The monoisotopic (exact) mass is 279 g/mol. The van der Waals surface area contributed by atoms with Gasteiger partial charge in [0.05, 0.1) is 11.6 Å². The molecule has 0 spiro atoms. The molecule has 1 heterocycles. The quantitative estimate of drug-likeness (QED) is 0.782. The maximum absolute atomic E-state index is 13.3. The number of nitrogens with two attached hydrogens (primary N) is 1. The largest absolute Gasteiger partial charge is 0.366 e. The third-order valence-corrected chi connectivity index (χ3v) is 3.38. The lowest BCUT2D eigenvalue weighted by molar-refractivity contribution is -0.118. The first-order valence-electron chi connectivity index (χ1n) is 6.71. The normalized spacial score (nSPS) is 19.1. The van der Waals surface area contributed by atoms with Gasteiger partial charge in [-0.3, -0.25) is 9.59 Å². The van der Waals surface area contributed by atoms with E-state index >= 15 is 0 Å². The van der Waals surface area contributed by atoms with Crippen LogP contribution in [0.3, 0.4) is 0 Å². The van der Waals surface area contributed by atoms with Crippen LogP contribution in [0.15, 0.2) is 18.2 Å². The predicted molar refractivity (Wildman–Crippen MR) is 73.8 cm³/mol. The topological polar surface area (TPSA) is 84.2 Å². The summed E-state index contributed by atoms with van der Waals surface area (Å²) in [7, 11) is 0. The molecule has 5 nitrogen and oxygen atoms in total. The molecule has 1 aliphatic rings. The molecule has 0 radical (unpaired) electrons. The van der Waals surface area contributed by atoms with Gasteiger partial charge in [-0.15, -0.1) is 0 Å². The Morgan fingerprint density at radius 3 is 2.85 bits per heavy atom. The Balaban J connectivity index is 2.07. The number of nitrogens with one attached hydrogen (secondary N) is 2. The highest BCUT2D eigenvalue weighted by Gasteiger charge is 2.20. The van der Waals surface area contributed by atoms with Gasteiger partial charge in [0.25, 0.3) is 5.91 Å². The lowest BCUT2D eigenvalue weighted by Gasteiger charge is -2.15. The average Bonchev–Trinajstić information content (AvgIpc) is 2.69. The van der Waals surface area contributed by atoms with E-state index in [1.54, 1.807) is 0 Å². The fourth-order valence-corrected chi connectivity index (χ4v) is 2.27. The molecule has 1 atom stereocenters. The summed E-state index contributed by atoms with van der Waals surface area (Å²) in [5.74, 6) is -1.72. The number of carbonyl (C=O) groups is 2. The van der Waals surface area contributed by atoms with E-state index in [1.807, 2.05) is 0 Å². The van der Waals surface area contributed by atoms with Gasteiger partial charge in [0, 0.05) is 5.69 Å². The van der Waals surface area contributed by atoms with Gasteiger partial charge in [-0.05, 0) is 37.6 Å². The van der Waals surface area contributed by atoms with Gasteiger partial charge in [-0.25, -0.2) is 4.39 Å². The van der Waals surface area contributed by atoms with E-state index in [-0.39, 0.29) is 17.5 Å². The molecule has 1 fully saturated rings. The van der Waals surface area contributed by atoms with Crippen LogP contribution < -0.4 is 16.4 Å². The number of anilines is 1. The molecule has 1 aromatic rings. The summed E-state index contributed by atoms with van der Waals surface area (Å²) in [6.07, 6.45) is 3.95. The number of hydrogen-bond acceptors (Lipinski definition) is 3. The van der Waals surface area contributed by atoms with Crippen molar-refractivity contribution in [3.63, 3.8) is 0 Å². The van der Waals surface area contributed by atoms with Gasteiger partial charge in [0.1, 0.15) is 5.82 Å². The molecule has 1 saturated heterocycles. The summed E-state index contributed by atoms with van der Waals surface area (Å²) >= 11 is 0. The zero-order valence-corrected chi connectivity index (χ0v) is 11.1. The van der Waals surface area contributed by atoms with Crippen molar-refractivity contribution in [2.24, 2.45) is 5.73 Å². The SMILES string of the molecule is NC(=O)c1cc(NC(=O)C2CCCCCN2)ccc1F. The summed E-state index contributed by atoms with van der Waals surface area (Å²) in [4.78, 5) is 23.2. The molecule has 1 unspecified atom stereocenters. The Kier molecular flexibility index (Phi) is 4.68. The van der Waals surface area contributed by atoms with Crippen LogP contribution in [0.5, 0.6) is 0 Å². The highest BCUT2D eigenvalue weighted by atomic mass is 19.1. The number of amides is 2. The number of rotatable bonds is 3. The Morgan fingerprint density at radius 2 is 2.10 bits per heavy atom. The maximum Gasteiger partial charge on any atom is 0.251 e. The van der Waals surface area contributed by atoms with Crippen molar-refractivity contribution in [2.45, 2.75) is 31.7 Å². The van der Waals surface area contributed by atoms with Gasteiger partial charge in [0.15, 0.2) is 0 Å². The zero-order valence-electron chi connectivity index (χ0n) is 11.1. The molecule has 1 aliphatic heterocycles. The van der Waals surface area contributed by atoms with E-state index in [9.17, 15) is 14.0 Å². The van der Waals surface area contributed by atoms with Crippen molar-refractivity contribution in [3.05, 3.63) is 29.6 Å². The summed E-state index contributed by atoms with van der Waals surface area (Å²) in [6.45, 7) is 0.814. The van der Waals surface area contributed by atoms with Crippen LogP contribution in [-0.4, -0.2) is 24.4 Å². The van der Waals surface area contributed by atoms with E-state index in [1.165, 1.54) is 12.1 Å². The minimum Gasteiger partial charge on any atom is -0.366 e. The minimum absolute atomic E-state index is 0.172. The van der Waals surface area contributed by atoms with Crippen LogP contribution in [0.2, 0.25) is 0 Å². The van der Waals surface area contributed by atoms with E-state index in [2.05, 4.69) is 10.6 Å². The molecule has 0 aliphatic carbocycles. The van der Waals surface area contributed by atoms with Crippen molar-refractivity contribution in [3.8, 4) is 0 Å². The van der Waals surface area contributed by atoms with Gasteiger partial charge in [-0.1, -0.05) is 12.8 Å². The van der Waals surface area contributed by atoms with Crippen molar-refractivity contribution < 1.29 is 14.0 Å². The van der Waals surface area contributed by atoms with Crippen molar-refractivity contribution in [1.29, 1.82) is 0 Å². The van der Waals surface area contributed by atoms with Crippen LogP contribution >= 0.6 is 0 Å². The Labute approximate surface area is 116 Å². The molecule has 2 amide bonds. The van der Waals surface area contributed by atoms with E-state index in [0.29, 0.717) is 5.69 Å². The summed E-state index contributed by atoms with van der Waals surface area (Å²) < 4.78 is 13.3. The van der Waals surface area contributed by atoms with Crippen molar-refractivity contribution in [1.82, 2.24) is 5.32 Å². The first-order valence-corrected chi connectivity index (χ1v) is 6.71. The van der Waals surface area contributed by atoms with Gasteiger partial charge in [-0.2, -0.15) is 0 Å². The van der Waals surface area contributed by atoms with E-state index in [4.69, 9.17) is 5.73 Å². The lowest BCUT2D eigenvalue weighted by atomic mass is 10.1. The van der Waals surface area contributed by atoms with Crippen LogP contribution in [-0.2, 0) is 4.79 Å². The summed E-state index contributed by atoms with van der Waals surface area (Å²) in [5, 5.41) is 5.86. The van der Waals surface area contributed by atoms with Crippen LogP contribution in [0.4, 0.5) is 10.1 Å². The number of hydrogen-bond donors (Lipinski definition) is 3. The van der Waals surface area contributed by atoms with Gasteiger partial charge >= 0.3 is 0 Å². The number of benzene rings is 1. The smallest absolute Gasteiger partial charge is 0.251 e. The van der Waals surface area contributed by atoms with E-state index < -0.39 is 11.7 Å². The fourth-order valence-electron chi connectivity index (χ4n) is 2.27. The first kappa shape index (κ1) is 14.5. The van der Waals surface area contributed by atoms with Crippen LogP contribution in [0.25, 0.3) is 0 Å². The Hall–Kier alpha value is -1.95. The van der Waals surface area contributed by atoms with Crippen LogP contribution in [0.1, 0.15) is 36.0 Å². The highest BCUT2D eigenvalue weighted by molar-refractivity contribution is 5.98. The molecular weight excluding hydrogens is 261 g/mol. The Morgan fingerprint density at radius 1 is 1.30 bits per heavy atom. The second kappa shape index (κ2) is 6.47. The summed E-state index contributed by atoms with van der Waals surface area (Å²) in [6, 6.07) is 3.54. The molecular formula is C14H18FN3O2. The molecule has 6 heteroatoms. The minimum atomic E-state index is -0.855. The van der Waals surface area contributed by atoms with Crippen molar-refractivity contribution in [2.75, 3.05) is 11.9 Å². The van der Waals surface area contributed by atoms with Gasteiger partial charge in [0.2, 0.25) is 5.91 Å². The van der Waals surface area contributed by atoms with Crippen LogP contribution in [0, 0.1) is 5.82 Å². The third kappa shape index (κ3) is 3.54.